The van der Waals surface area contributed by atoms with Crippen molar-refractivity contribution in [2.75, 3.05) is 42.6 Å². The van der Waals surface area contributed by atoms with Gasteiger partial charge in [0.25, 0.3) is 5.91 Å². The molecule has 1 N–H and O–H groups in total. The minimum atomic E-state index is -1.19. The van der Waals surface area contributed by atoms with E-state index in [9.17, 15) is 19.5 Å². The van der Waals surface area contributed by atoms with E-state index in [1.807, 2.05) is 70.2 Å². The standard InChI is InChI=1S/C36H45N3O6/c1-7-19-37(26-13-15-27(16-14-26)44-9-3)32(41)29-30-33(42)39(21-10-22-40)31(36(30)18-17-35(29,6)45-36)34(43)38(20-8-2)28-23-24(4)11-12-25(28)5/h7-8,11-16,23,29-31,40H,1-2,9-10,17-22H2,3-6H3/t29-,30+,31?,35+,36?/m1/s1. The molecule has 2 aromatic carbocycles. The van der Waals surface area contributed by atoms with Crippen LogP contribution in [0.4, 0.5) is 11.4 Å². The van der Waals surface area contributed by atoms with Crippen LogP contribution in [0.3, 0.4) is 0 Å². The third-order valence-electron chi connectivity index (χ3n) is 9.60. The number of amides is 3. The summed E-state index contributed by atoms with van der Waals surface area (Å²) in [5.74, 6) is -1.77. The number of hydrogen-bond donors (Lipinski definition) is 1. The maximum atomic E-state index is 14.8. The van der Waals surface area contributed by atoms with Crippen LogP contribution in [0.5, 0.6) is 5.75 Å². The minimum Gasteiger partial charge on any atom is -0.494 e. The van der Waals surface area contributed by atoms with E-state index in [1.165, 1.54) is 0 Å². The van der Waals surface area contributed by atoms with Crippen molar-refractivity contribution in [1.29, 1.82) is 0 Å². The lowest BCUT2D eigenvalue weighted by Crippen LogP contribution is -2.57. The van der Waals surface area contributed by atoms with Crippen molar-refractivity contribution in [2.45, 2.75) is 64.2 Å². The van der Waals surface area contributed by atoms with Crippen LogP contribution >= 0.6 is 0 Å². The first-order valence-electron chi connectivity index (χ1n) is 15.8. The number of anilines is 2. The van der Waals surface area contributed by atoms with Crippen LogP contribution in [-0.4, -0.2) is 77.8 Å². The first-order chi connectivity index (χ1) is 21.6. The molecular formula is C36H45N3O6. The van der Waals surface area contributed by atoms with Gasteiger partial charge in [0.05, 0.1) is 24.0 Å². The molecule has 3 saturated heterocycles. The molecule has 1 spiro atoms. The molecule has 9 nitrogen and oxygen atoms in total. The van der Waals surface area contributed by atoms with Crippen LogP contribution in [-0.2, 0) is 19.1 Å². The highest BCUT2D eigenvalue weighted by Gasteiger charge is 2.78. The first kappa shape index (κ1) is 32.4. The third kappa shape index (κ3) is 5.46. The molecule has 2 unspecified atom stereocenters. The number of ether oxygens (including phenoxy) is 2. The Hall–Kier alpha value is -3.95. The highest BCUT2D eigenvalue weighted by atomic mass is 16.5. The zero-order chi connectivity index (χ0) is 32.5. The van der Waals surface area contributed by atoms with Crippen LogP contribution in [0.15, 0.2) is 67.8 Å². The SMILES string of the molecule is C=CCN(C(=O)[C@H]1[C@H]2C(=O)N(CCCO)C(C(=O)N(CC=C)c3cc(C)ccc3C)C23CC[C@]1(C)O3)c1ccc(OCC)cc1. The molecule has 3 fully saturated rings. The fourth-order valence-electron chi connectivity index (χ4n) is 7.67. The van der Waals surface area contributed by atoms with Gasteiger partial charge in [0.15, 0.2) is 0 Å². The lowest BCUT2D eigenvalue weighted by molar-refractivity contribution is -0.144. The average Bonchev–Trinajstić information content (AvgIpc) is 3.59. The van der Waals surface area contributed by atoms with Gasteiger partial charge in [0.1, 0.15) is 17.4 Å². The molecule has 3 aliphatic heterocycles. The molecule has 0 aliphatic carbocycles. The summed E-state index contributed by atoms with van der Waals surface area (Å²) < 4.78 is 12.5. The number of nitrogens with zero attached hydrogens (tertiary/aromatic N) is 3. The number of carbonyl (C=O) groups is 3. The third-order valence-corrected chi connectivity index (χ3v) is 9.60. The van der Waals surface area contributed by atoms with Gasteiger partial charge in [-0.1, -0.05) is 24.3 Å². The summed E-state index contributed by atoms with van der Waals surface area (Å²) in [6, 6.07) is 12.3. The fraction of sp³-hybridized carbons (Fsp3) is 0.472. The second-order valence-corrected chi connectivity index (χ2v) is 12.5. The van der Waals surface area contributed by atoms with Crippen LogP contribution < -0.4 is 14.5 Å². The molecule has 5 rings (SSSR count). The second-order valence-electron chi connectivity index (χ2n) is 12.5. The topological polar surface area (TPSA) is 99.6 Å². The predicted molar refractivity (Wildman–Crippen MR) is 174 cm³/mol. The molecule has 3 aliphatic rings. The summed E-state index contributed by atoms with van der Waals surface area (Å²) in [5.41, 5.74) is 1.20. The number of rotatable bonds is 13. The lowest BCUT2D eigenvalue weighted by Gasteiger charge is -2.37. The molecule has 5 atom stereocenters. The molecule has 9 heteroatoms. The summed E-state index contributed by atoms with van der Waals surface area (Å²) in [7, 11) is 0. The van der Waals surface area contributed by atoms with Crippen LogP contribution in [0.2, 0.25) is 0 Å². The number of hydrogen-bond acceptors (Lipinski definition) is 6. The van der Waals surface area contributed by atoms with Crippen molar-refractivity contribution < 1.29 is 29.0 Å². The Balaban J connectivity index is 1.57. The monoisotopic (exact) mass is 615 g/mol. The molecule has 2 aromatic rings. The van der Waals surface area contributed by atoms with Crippen molar-refractivity contribution in [3.05, 3.63) is 78.9 Å². The van der Waals surface area contributed by atoms with Gasteiger partial charge in [-0.2, -0.15) is 0 Å². The number of likely N-dealkylation sites (tertiary alicyclic amines) is 1. The van der Waals surface area contributed by atoms with E-state index in [2.05, 4.69) is 13.2 Å². The predicted octanol–water partition coefficient (Wildman–Crippen LogP) is 4.59. The minimum absolute atomic E-state index is 0.137. The zero-order valence-electron chi connectivity index (χ0n) is 26.8. The Kier molecular flexibility index (Phi) is 9.23. The van der Waals surface area contributed by atoms with E-state index in [-0.39, 0.29) is 44.0 Å². The van der Waals surface area contributed by atoms with Crippen molar-refractivity contribution in [3.8, 4) is 5.75 Å². The molecule has 3 amide bonds. The van der Waals surface area contributed by atoms with E-state index >= 15 is 0 Å². The maximum Gasteiger partial charge on any atom is 0.253 e. The maximum absolute atomic E-state index is 14.8. The van der Waals surface area contributed by atoms with Gasteiger partial charge < -0.3 is 29.3 Å². The van der Waals surface area contributed by atoms with Crippen molar-refractivity contribution in [2.24, 2.45) is 11.8 Å². The smallest absolute Gasteiger partial charge is 0.253 e. The van der Waals surface area contributed by atoms with Gasteiger partial charge in [-0.3, -0.25) is 14.4 Å². The number of fused-ring (bicyclic) bond motifs is 1. The molecule has 0 radical (unpaired) electrons. The summed E-state index contributed by atoms with van der Waals surface area (Å²) in [5, 5.41) is 9.74. The molecule has 2 bridgehead atoms. The quantitative estimate of drug-likeness (QED) is 0.331. The lowest BCUT2D eigenvalue weighted by atomic mass is 9.66. The summed E-state index contributed by atoms with van der Waals surface area (Å²) in [6.45, 7) is 16.6. The summed E-state index contributed by atoms with van der Waals surface area (Å²) in [4.78, 5) is 48.8. The van der Waals surface area contributed by atoms with Gasteiger partial charge in [0, 0.05) is 37.6 Å². The van der Waals surface area contributed by atoms with Crippen molar-refractivity contribution >= 4 is 29.1 Å². The highest BCUT2D eigenvalue weighted by Crippen LogP contribution is 2.63. The number of aliphatic hydroxyl groups is 1. The average molecular weight is 616 g/mol. The van der Waals surface area contributed by atoms with Gasteiger partial charge in [0.2, 0.25) is 11.8 Å². The summed E-state index contributed by atoms with van der Waals surface area (Å²) in [6.07, 6.45) is 4.63. The summed E-state index contributed by atoms with van der Waals surface area (Å²) >= 11 is 0. The Labute approximate surface area is 266 Å². The van der Waals surface area contributed by atoms with Gasteiger partial charge in [-0.15, -0.1) is 13.2 Å². The van der Waals surface area contributed by atoms with Gasteiger partial charge in [-0.25, -0.2) is 0 Å². The van der Waals surface area contributed by atoms with E-state index in [0.29, 0.717) is 37.3 Å². The van der Waals surface area contributed by atoms with E-state index in [4.69, 9.17) is 9.47 Å². The fourth-order valence-corrected chi connectivity index (χ4v) is 7.67. The van der Waals surface area contributed by atoms with Crippen LogP contribution in [0.25, 0.3) is 0 Å². The zero-order valence-corrected chi connectivity index (χ0v) is 26.8. The number of benzene rings is 2. The van der Waals surface area contributed by atoms with Gasteiger partial charge >= 0.3 is 0 Å². The Morgan fingerprint density at radius 1 is 1.07 bits per heavy atom. The van der Waals surface area contributed by atoms with E-state index < -0.39 is 29.1 Å². The molecule has 0 saturated carbocycles. The van der Waals surface area contributed by atoms with Crippen LogP contribution in [0.1, 0.15) is 44.2 Å². The van der Waals surface area contributed by atoms with Crippen LogP contribution in [0, 0.1) is 25.7 Å². The number of aryl methyl sites for hydroxylation is 2. The number of aliphatic hydroxyl groups excluding tert-OH is 1. The second kappa shape index (κ2) is 12.8. The van der Waals surface area contributed by atoms with E-state index in [0.717, 1.165) is 16.8 Å². The first-order valence-corrected chi connectivity index (χ1v) is 15.8. The largest absolute Gasteiger partial charge is 0.494 e. The normalized spacial score (nSPS) is 26.5. The Bertz CT molecular complexity index is 1470. The Morgan fingerprint density at radius 2 is 1.76 bits per heavy atom. The Morgan fingerprint density at radius 3 is 2.40 bits per heavy atom. The molecule has 3 heterocycles. The van der Waals surface area contributed by atoms with Crippen molar-refractivity contribution in [1.82, 2.24) is 4.90 Å². The van der Waals surface area contributed by atoms with E-state index in [1.54, 1.807) is 26.9 Å². The highest BCUT2D eigenvalue weighted by molar-refractivity contribution is 6.07. The molecule has 0 aromatic heterocycles. The van der Waals surface area contributed by atoms with Gasteiger partial charge in [-0.05, 0) is 88.4 Å². The molecule has 240 valence electrons. The molecular weight excluding hydrogens is 570 g/mol. The molecule has 45 heavy (non-hydrogen) atoms. The number of carbonyl (C=O) groups excluding carboxylic acids is 3. The van der Waals surface area contributed by atoms with Crippen molar-refractivity contribution in [3.63, 3.8) is 0 Å².